The molecule has 0 aliphatic heterocycles. The van der Waals surface area contributed by atoms with E-state index in [0.29, 0.717) is 11.5 Å². The van der Waals surface area contributed by atoms with Crippen molar-refractivity contribution in [1.82, 2.24) is 9.44 Å². The molecule has 0 heterocycles. The minimum absolute atomic E-state index is 0.0450. The molecule has 0 aliphatic rings. The first-order chi connectivity index (χ1) is 26.1. The molecule has 0 spiro atoms. The van der Waals surface area contributed by atoms with Crippen LogP contribution in [-0.2, 0) is 42.5 Å². The molecule has 0 radical (unpaired) electrons. The Kier molecular flexibility index (Phi) is 22.3. The topological polar surface area (TPSA) is 174 Å². The maximum atomic E-state index is 14.2. The van der Waals surface area contributed by atoms with Crippen molar-refractivity contribution in [2.24, 2.45) is 0 Å². The summed E-state index contributed by atoms with van der Waals surface area (Å²) < 4.78 is 95.5. The second-order valence-corrected chi connectivity index (χ2v) is 21.2. The number of carbonyl (C=O) groups excluding carboxylic acids is 2. The van der Waals surface area contributed by atoms with Gasteiger partial charge in [0.2, 0.25) is 11.8 Å². The lowest BCUT2D eigenvalue weighted by molar-refractivity contribution is -0.118. The van der Waals surface area contributed by atoms with E-state index in [2.05, 4.69) is 47.3 Å². The number of sulfonamides is 2. The summed E-state index contributed by atoms with van der Waals surface area (Å²) >= 11 is 18.8. The molecule has 4 rings (SSSR count). The number of benzene rings is 4. The molecular weight excluding hydrogens is 1020 g/mol. The van der Waals surface area contributed by atoms with Gasteiger partial charge >= 0.3 is 3.18 Å². The summed E-state index contributed by atoms with van der Waals surface area (Å²) in [7, 11) is -6.77. The van der Waals surface area contributed by atoms with Crippen LogP contribution in [-0.4, -0.2) is 49.4 Å². The van der Waals surface area contributed by atoms with Gasteiger partial charge in [-0.05, 0) is 84.6 Å². The molecule has 4 aromatic carbocycles. The van der Waals surface area contributed by atoms with Gasteiger partial charge in [0, 0.05) is 13.8 Å². The lowest BCUT2D eigenvalue weighted by Crippen LogP contribution is -2.28. The van der Waals surface area contributed by atoms with E-state index in [1.807, 2.05) is 19.9 Å². The molecule has 12 nitrogen and oxygen atoms in total. The van der Waals surface area contributed by atoms with Crippen molar-refractivity contribution in [3.63, 3.8) is 0 Å². The fourth-order valence-electron chi connectivity index (χ4n) is 4.08. The molecule has 0 bridgehead atoms. The van der Waals surface area contributed by atoms with Crippen LogP contribution in [0, 0.1) is 11.6 Å². The van der Waals surface area contributed by atoms with Crippen LogP contribution in [0.5, 0.6) is 34.5 Å². The molecule has 0 aromatic heterocycles. The first-order valence-electron chi connectivity index (χ1n) is 15.7. The molecule has 22 heteroatoms. The van der Waals surface area contributed by atoms with Crippen LogP contribution in [0.4, 0.5) is 8.78 Å². The number of hydrogen-bond acceptors (Lipinski definition) is 10. The first-order valence-corrected chi connectivity index (χ1v) is 22.5. The number of methoxy groups -OCH3 is 1. The monoisotopic (exact) mass is 1050 g/mol. The lowest BCUT2D eigenvalue weighted by Gasteiger charge is -2.13. The fourth-order valence-corrected chi connectivity index (χ4v) is 6.09. The van der Waals surface area contributed by atoms with Crippen LogP contribution >= 0.6 is 70.5 Å². The molecular formula is C34H36BBr3Cl2F2N2O10S2. The van der Waals surface area contributed by atoms with Crippen LogP contribution in [0.25, 0.3) is 0 Å². The smallest absolute Gasteiger partial charge is 0.369 e. The average molecular weight is 1060 g/mol. The number of phenolic OH excluding ortho intramolecular Hbond substituents is 1. The minimum Gasteiger partial charge on any atom is -0.504 e. The van der Waals surface area contributed by atoms with Crippen molar-refractivity contribution in [2.45, 2.75) is 50.3 Å². The Morgan fingerprint density at radius 3 is 1.38 bits per heavy atom. The summed E-state index contributed by atoms with van der Waals surface area (Å²) in [6.45, 7) is 6.00. The molecule has 0 fully saturated rings. The Hall–Kier alpha value is -3.14. The van der Waals surface area contributed by atoms with Gasteiger partial charge in [0.25, 0.3) is 20.0 Å². The Labute approximate surface area is 359 Å². The highest BCUT2D eigenvalue weighted by molar-refractivity contribution is 9.69. The highest BCUT2D eigenvalue weighted by Crippen LogP contribution is 2.35. The third-order valence-electron chi connectivity index (χ3n) is 6.49. The Balaban J connectivity index is 0.000000480. The summed E-state index contributed by atoms with van der Waals surface area (Å²) in [5.74, 6) is -3.15. The molecule has 0 aliphatic carbocycles. The predicted molar refractivity (Wildman–Crippen MR) is 224 cm³/mol. The first kappa shape index (κ1) is 50.9. The maximum absolute atomic E-state index is 14.2. The Morgan fingerprint density at radius 2 is 1.04 bits per heavy atom. The summed E-state index contributed by atoms with van der Waals surface area (Å²) in [5.41, 5.74) is 1.92. The minimum atomic E-state index is -4.13. The van der Waals surface area contributed by atoms with E-state index < -0.39 is 48.4 Å². The zero-order valence-electron chi connectivity index (χ0n) is 30.2. The van der Waals surface area contributed by atoms with Crippen LogP contribution in [0.1, 0.15) is 38.8 Å². The van der Waals surface area contributed by atoms with Crippen LogP contribution in [0.15, 0.2) is 82.6 Å². The quantitative estimate of drug-likeness (QED) is 0.0971. The van der Waals surface area contributed by atoms with Crippen LogP contribution in [0.3, 0.4) is 0 Å². The van der Waals surface area contributed by atoms with E-state index in [0.717, 1.165) is 68.1 Å². The van der Waals surface area contributed by atoms with Crippen molar-refractivity contribution in [1.29, 1.82) is 0 Å². The number of aromatic hydroxyl groups is 1. The Bertz CT molecular complexity index is 2170. The van der Waals surface area contributed by atoms with Gasteiger partial charge in [-0.3, -0.25) is 9.59 Å². The van der Waals surface area contributed by atoms with Gasteiger partial charge in [-0.2, -0.15) is 0 Å². The summed E-state index contributed by atoms with van der Waals surface area (Å²) in [4.78, 5) is 21.0. The van der Waals surface area contributed by atoms with Gasteiger partial charge in [-0.15, -0.1) is 70.5 Å². The molecule has 306 valence electrons. The van der Waals surface area contributed by atoms with Crippen molar-refractivity contribution >= 4 is 106 Å². The van der Waals surface area contributed by atoms with Gasteiger partial charge < -0.3 is 19.3 Å². The van der Waals surface area contributed by atoms with E-state index >= 15 is 0 Å². The molecule has 3 N–H and O–H groups in total. The average Bonchev–Trinajstić information content (AvgIpc) is 3.10. The molecule has 4 aromatic rings. The Morgan fingerprint density at radius 1 is 0.679 bits per heavy atom. The second-order valence-electron chi connectivity index (χ2n) is 10.6. The molecule has 0 unspecified atom stereocenters. The summed E-state index contributed by atoms with van der Waals surface area (Å²) in [5, 5.41) is 10.1. The number of alkyl halides is 2. The number of amides is 2. The number of carbonyl (C=O) groups is 2. The standard InChI is InChI=1S/C17H18FNO5S.C16H16FNO5S.CH2Cl2.BBr3/c1-4-12-5-7-16(17(9-12)23-3)24-15-8-6-13(10-14(15)18)25(21,22)19-11(2)20;1-3-11-4-6-16(14(20)8-11)23-15-7-5-12(9-13(15)17)24(21,22)18-10(2)19;2-1-3;2-1(3)4/h5-10H,4H2,1-3H3,(H,19,20);4-9,20H,3H2,1-2H3,(H,18,19);1H2;. The fraction of sp³-hybridized carbons (Fsp3) is 0.235. The van der Waals surface area contributed by atoms with E-state index in [1.54, 1.807) is 27.6 Å². The predicted octanol–water partition coefficient (Wildman–Crippen LogP) is 9.30. The third kappa shape index (κ3) is 17.6. The summed E-state index contributed by atoms with van der Waals surface area (Å²) in [6.07, 6.45) is 1.53. The van der Waals surface area contributed by atoms with E-state index in [9.17, 15) is 40.3 Å². The van der Waals surface area contributed by atoms with E-state index in [4.69, 9.17) is 37.4 Å². The molecule has 56 heavy (non-hydrogen) atoms. The van der Waals surface area contributed by atoms with Crippen LogP contribution in [0.2, 0.25) is 0 Å². The molecule has 0 atom stereocenters. The summed E-state index contributed by atoms with van der Waals surface area (Å²) in [6, 6.07) is 16.0. The highest BCUT2D eigenvalue weighted by Gasteiger charge is 2.20. The van der Waals surface area contributed by atoms with Gasteiger partial charge in [0.1, 0.15) is 0 Å². The van der Waals surface area contributed by atoms with E-state index in [1.165, 1.54) is 25.3 Å². The van der Waals surface area contributed by atoms with Gasteiger partial charge in [-0.1, -0.05) is 26.0 Å². The molecule has 2 amide bonds. The second kappa shape index (κ2) is 24.6. The van der Waals surface area contributed by atoms with Crippen molar-refractivity contribution in [3.05, 3.63) is 95.6 Å². The van der Waals surface area contributed by atoms with Gasteiger partial charge in [0.15, 0.2) is 46.1 Å². The van der Waals surface area contributed by atoms with Gasteiger partial charge in [-0.25, -0.2) is 35.1 Å². The lowest BCUT2D eigenvalue weighted by atomic mass is 10.1. The van der Waals surface area contributed by atoms with Crippen molar-refractivity contribution < 1.29 is 54.5 Å². The van der Waals surface area contributed by atoms with Crippen molar-refractivity contribution in [3.8, 4) is 34.5 Å². The van der Waals surface area contributed by atoms with Crippen LogP contribution < -0.4 is 23.7 Å². The van der Waals surface area contributed by atoms with E-state index in [-0.39, 0.29) is 36.4 Å². The normalized spacial score (nSPS) is 10.5. The number of halogens is 7. The van der Waals surface area contributed by atoms with Crippen molar-refractivity contribution in [2.75, 3.05) is 12.4 Å². The number of rotatable bonds is 11. The zero-order valence-corrected chi connectivity index (χ0v) is 38.1. The molecule has 0 saturated carbocycles. The number of aryl methyl sites for hydroxylation is 2. The molecule has 0 saturated heterocycles. The SMILES string of the molecule is BrB(Br)Br.CCc1ccc(Oc2ccc(S(=O)(=O)NC(C)=O)cc2F)c(O)c1.CCc1ccc(Oc2ccc(S(=O)(=O)NC(C)=O)cc2F)c(OC)c1.ClCCl. The number of hydrogen-bond donors (Lipinski definition) is 3. The largest absolute Gasteiger partial charge is 0.504 e. The number of ether oxygens (including phenoxy) is 3. The number of phenols is 1. The maximum Gasteiger partial charge on any atom is 0.369 e. The highest BCUT2D eigenvalue weighted by atomic mass is 79.9. The number of nitrogens with one attached hydrogen (secondary N) is 2. The van der Waals surface area contributed by atoms with Gasteiger partial charge in [0.05, 0.1) is 22.2 Å². The third-order valence-corrected chi connectivity index (χ3v) is 9.35. The zero-order chi connectivity index (χ0) is 42.8.